The molecule has 0 amide bonds. The van der Waals surface area contributed by atoms with Crippen LogP contribution in [0.1, 0.15) is 39.7 Å². The molecular formula is C21H31N3O. The second-order valence-electron chi connectivity index (χ2n) is 6.23. The van der Waals surface area contributed by atoms with Gasteiger partial charge in [0.25, 0.3) is 0 Å². The fraction of sp³-hybridized carbons (Fsp3) is 0.476. The number of hydrogen-bond acceptors (Lipinski definition) is 4. The zero-order chi connectivity index (χ0) is 18.3. The molecule has 0 aromatic heterocycles. The summed E-state index contributed by atoms with van der Waals surface area (Å²) in [6.45, 7) is 12.9. The Kier molecular flexibility index (Phi) is 6.97. The van der Waals surface area contributed by atoms with Crippen molar-refractivity contribution in [3.63, 3.8) is 0 Å². The first-order chi connectivity index (χ1) is 12.2. The van der Waals surface area contributed by atoms with Gasteiger partial charge in [-0.15, -0.1) is 0 Å². The van der Waals surface area contributed by atoms with E-state index >= 15 is 0 Å². The van der Waals surface area contributed by atoms with Crippen LogP contribution in [-0.4, -0.2) is 52.6 Å². The maximum absolute atomic E-state index is 9.56. The second kappa shape index (κ2) is 8.97. The van der Waals surface area contributed by atoms with Gasteiger partial charge in [0.05, 0.1) is 5.66 Å². The van der Waals surface area contributed by atoms with Gasteiger partial charge < -0.3 is 5.21 Å². The van der Waals surface area contributed by atoms with Crippen molar-refractivity contribution >= 4 is 5.71 Å². The van der Waals surface area contributed by atoms with Gasteiger partial charge in [0.15, 0.2) is 0 Å². The van der Waals surface area contributed by atoms with Crippen molar-refractivity contribution in [1.82, 2.24) is 9.80 Å². The summed E-state index contributed by atoms with van der Waals surface area (Å²) in [5.74, 6) is 0. The quantitative estimate of drug-likeness (QED) is 0.334. The SMILES string of the molecule is CCN(CC)C1(N(CC)CC)C=CC(C(=NO)c2ccccc2)=CC1. The molecule has 25 heavy (non-hydrogen) atoms. The van der Waals surface area contributed by atoms with Crippen molar-refractivity contribution in [3.8, 4) is 0 Å². The Labute approximate surface area is 152 Å². The molecule has 0 spiro atoms. The van der Waals surface area contributed by atoms with Gasteiger partial charge in [-0.25, -0.2) is 0 Å². The monoisotopic (exact) mass is 341 g/mol. The van der Waals surface area contributed by atoms with Crippen molar-refractivity contribution in [2.24, 2.45) is 5.16 Å². The number of rotatable bonds is 8. The Bertz CT molecular complexity index is 614. The maximum Gasteiger partial charge on any atom is 0.116 e. The third-order valence-corrected chi connectivity index (χ3v) is 5.19. The average Bonchev–Trinajstić information content (AvgIpc) is 2.66. The lowest BCUT2D eigenvalue weighted by molar-refractivity contribution is -0.00970. The summed E-state index contributed by atoms with van der Waals surface area (Å²) in [5.41, 5.74) is 2.43. The molecule has 4 heteroatoms. The van der Waals surface area contributed by atoms with Gasteiger partial charge in [-0.05, 0) is 32.3 Å². The molecule has 1 aliphatic rings. The lowest BCUT2D eigenvalue weighted by Gasteiger charge is -2.49. The van der Waals surface area contributed by atoms with Crippen LogP contribution in [-0.2, 0) is 0 Å². The first kappa shape index (κ1) is 19.4. The van der Waals surface area contributed by atoms with E-state index in [9.17, 15) is 5.21 Å². The largest absolute Gasteiger partial charge is 0.410 e. The topological polar surface area (TPSA) is 39.1 Å². The fourth-order valence-corrected chi connectivity index (χ4v) is 3.88. The first-order valence-corrected chi connectivity index (χ1v) is 9.34. The average molecular weight is 341 g/mol. The molecule has 0 fully saturated rings. The standard InChI is InChI=1S/C21H31N3O/c1-5-23(6-2)21(24(7-3)8-4)16-14-19(15-17-21)20(22-25)18-12-10-9-11-13-18/h9-16,25H,5-8,17H2,1-4H3. The summed E-state index contributed by atoms with van der Waals surface area (Å²) in [5, 5.41) is 13.1. The van der Waals surface area contributed by atoms with E-state index in [2.05, 4.69) is 60.9 Å². The fourth-order valence-electron chi connectivity index (χ4n) is 3.88. The second-order valence-corrected chi connectivity index (χ2v) is 6.23. The Balaban J connectivity index is 2.36. The van der Waals surface area contributed by atoms with Gasteiger partial charge in [0.2, 0.25) is 0 Å². The number of benzene rings is 1. The predicted molar refractivity (Wildman–Crippen MR) is 105 cm³/mol. The summed E-state index contributed by atoms with van der Waals surface area (Å²) in [6.07, 6.45) is 7.49. The number of likely N-dealkylation sites (N-methyl/N-ethyl adjacent to an activating group) is 2. The summed E-state index contributed by atoms with van der Waals surface area (Å²) in [6, 6.07) is 9.84. The third-order valence-electron chi connectivity index (χ3n) is 5.19. The lowest BCUT2D eigenvalue weighted by Crippen LogP contribution is -2.59. The van der Waals surface area contributed by atoms with E-state index in [1.165, 1.54) is 0 Å². The summed E-state index contributed by atoms with van der Waals surface area (Å²) >= 11 is 0. The van der Waals surface area contributed by atoms with Crippen LogP contribution in [0.3, 0.4) is 0 Å². The molecule has 1 N–H and O–H groups in total. The van der Waals surface area contributed by atoms with Crippen LogP contribution in [0.4, 0.5) is 0 Å². The highest BCUT2D eigenvalue weighted by atomic mass is 16.4. The van der Waals surface area contributed by atoms with Gasteiger partial charge >= 0.3 is 0 Å². The van der Waals surface area contributed by atoms with E-state index in [4.69, 9.17) is 0 Å². The summed E-state index contributed by atoms with van der Waals surface area (Å²) < 4.78 is 0. The van der Waals surface area contributed by atoms with Gasteiger partial charge in [0, 0.05) is 17.6 Å². The molecule has 0 saturated heterocycles. The number of nitrogens with zero attached hydrogens (tertiary/aromatic N) is 3. The minimum Gasteiger partial charge on any atom is -0.410 e. The van der Waals surface area contributed by atoms with Crippen LogP contribution in [0, 0.1) is 0 Å². The Hall–Kier alpha value is -1.91. The molecule has 0 radical (unpaired) electrons. The normalized spacial score (nSPS) is 17.2. The van der Waals surface area contributed by atoms with Crippen LogP contribution < -0.4 is 0 Å². The molecule has 2 rings (SSSR count). The summed E-state index contributed by atoms with van der Waals surface area (Å²) in [7, 11) is 0. The number of allylic oxidation sites excluding steroid dienone is 2. The van der Waals surface area contributed by atoms with E-state index in [-0.39, 0.29) is 5.66 Å². The van der Waals surface area contributed by atoms with Gasteiger partial charge in [0.1, 0.15) is 5.71 Å². The van der Waals surface area contributed by atoms with E-state index in [1.807, 2.05) is 30.3 Å². The smallest absolute Gasteiger partial charge is 0.116 e. The van der Waals surface area contributed by atoms with E-state index in [0.717, 1.165) is 43.7 Å². The molecule has 1 aromatic rings. The van der Waals surface area contributed by atoms with Crippen molar-refractivity contribution in [2.45, 2.75) is 39.8 Å². The molecule has 0 saturated carbocycles. The van der Waals surface area contributed by atoms with Crippen molar-refractivity contribution in [3.05, 3.63) is 59.7 Å². The Morgan fingerprint density at radius 3 is 1.96 bits per heavy atom. The van der Waals surface area contributed by atoms with Gasteiger partial charge in [-0.1, -0.05) is 75.3 Å². The molecule has 4 nitrogen and oxygen atoms in total. The molecule has 1 aromatic carbocycles. The molecule has 0 unspecified atom stereocenters. The lowest BCUT2D eigenvalue weighted by atomic mass is 9.89. The molecule has 1 aliphatic carbocycles. The van der Waals surface area contributed by atoms with Crippen molar-refractivity contribution in [1.29, 1.82) is 0 Å². The molecule has 0 aliphatic heterocycles. The Morgan fingerprint density at radius 1 is 1.00 bits per heavy atom. The molecule has 0 atom stereocenters. The predicted octanol–water partition coefficient (Wildman–Crippen LogP) is 4.13. The van der Waals surface area contributed by atoms with E-state index in [0.29, 0.717) is 5.71 Å². The van der Waals surface area contributed by atoms with Crippen LogP contribution >= 0.6 is 0 Å². The summed E-state index contributed by atoms with van der Waals surface area (Å²) in [4.78, 5) is 5.00. The third kappa shape index (κ3) is 3.86. The van der Waals surface area contributed by atoms with Crippen molar-refractivity contribution in [2.75, 3.05) is 26.2 Å². The highest BCUT2D eigenvalue weighted by molar-refractivity contribution is 6.14. The highest BCUT2D eigenvalue weighted by Gasteiger charge is 2.38. The van der Waals surface area contributed by atoms with E-state index in [1.54, 1.807) is 0 Å². The van der Waals surface area contributed by atoms with Crippen LogP contribution in [0.2, 0.25) is 0 Å². The van der Waals surface area contributed by atoms with Crippen LogP contribution in [0.5, 0.6) is 0 Å². The molecular weight excluding hydrogens is 310 g/mol. The van der Waals surface area contributed by atoms with Crippen molar-refractivity contribution < 1.29 is 5.21 Å². The maximum atomic E-state index is 9.56. The van der Waals surface area contributed by atoms with E-state index < -0.39 is 0 Å². The molecule has 136 valence electrons. The zero-order valence-electron chi connectivity index (χ0n) is 15.9. The Morgan fingerprint density at radius 2 is 1.56 bits per heavy atom. The molecule has 0 bridgehead atoms. The van der Waals surface area contributed by atoms with Crippen LogP contribution in [0.15, 0.2) is 59.3 Å². The first-order valence-electron chi connectivity index (χ1n) is 9.34. The number of hydrogen-bond donors (Lipinski definition) is 1. The number of oxime groups is 1. The minimum absolute atomic E-state index is 0.103. The van der Waals surface area contributed by atoms with Crippen LogP contribution in [0.25, 0.3) is 0 Å². The minimum atomic E-state index is -0.103. The van der Waals surface area contributed by atoms with Gasteiger partial charge in [-0.3, -0.25) is 9.80 Å². The van der Waals surface area contributed by atoms with Gasteiger partial charge in [-0.2, -0.15) is 0 Å². The molecule has 0 heterocycles. The zero-order valence-corrected chi connectivity index (χ0v) is 15.9. The highest BCUT2D eigenvalue weighted by Crippen LogP contribution is 2.32.